The summed E-state index contributed by atoms with van der Waals surface area (Å²) in [6.07, 6.45) is 5.03. The number of rotatable bonds is 7. The molecule has 0 aliphatic heterocycles. The lowest BCUT2D eigenvalue weighted by Crippen LogP contribution is -2.36. The number of nitrogens with zero attached hydrogens (tertiary/aromatic N) is 3. The smallest absolute Gasteiger partial charge is 0.335 e. The first-order valence-electron chi connectivity index (χ1n) is 6.21. The summed E-state index contributed by atoms with van der Waals surface area (Å²) >= 11 is 0. The molecule has 0 aliphatic carbocycles. The normalized spacial score (nSPS) is 11.8. The van der Waals surface area contributed by atoms with Crippen LogP contribution in [0.15, 0.2) is 6.33 Å². The van der Waals surface area contributed by atoms with Crippen molar-refractivity contribution in [3.8, 4) is 6.01 Å². The molecule has 0 radical (unpaired) electrons. The van der Waals surface area contributed by atoms with E-state index in [-0.39, 0.29) is 5.54 Å². The van der Waals surface area contributed by atoms with Crippen molar-refractivity contribution in [3.63, 3.8) is 0 Å². The van der Waals surface area contributed by atoms with Crippen LogP contribution < -0.4 is 10.1 Å². The van der Waals surface area contributed by atoms with E-state index in [1.165, 1.54) is 6.42 Å². The Bertz CT molecular complexity index is 317. The SMILES string of the molecule is Cn1cnc(OCCCCCNC(C)(C)C)n1. The Balaban J connectivity index is 1.95. The first kappa shape index (κ1) is 14.0. The third kappa shape index (κ3) is 6.94. The predicted molar refractivity (Wildman–Crippen MR) is 68.1 cm³/mol. The number of hydrogen-bond donors (Lipinski definition) is 1. The zero-order valence-electron chi connectivity index (χ0n) is 11.4. The summed E-state index contributed by atoms with van der Waals surface area (Å²) in [5.74, 6) is 0. The maximum atomic E-state index is 5.41. The van der Waals surface area contributed by atoms with Gasteiger partial charge in [0.1, 0.15) is 6.33 Å². The fourth-order valence-electron chi connectivity index (χ4n) is 1.42. The van der Waals surface area contributed by atoms with Crippen LogP contribution in [-0.4, -0.2) is 33.5 Å². The third-order valence-electron chi connectivity index (χ3n) is 2.29. The highest BCUT2D eigenvalue weighted by Crippen LogP contribution is 2.03. The molecule has 0 atom stereocenters. The lowest BCUT2D eigenvalue weighted by atomic mass is 10.1. The molecule has 1 heterocycles. The van der Waals surface area contributed by atoms with E-state index in [9.17, 15) is 0 Å². The van der Waals surface area contributed by atoms with E-state index in [2.05, 4.69) is 36.2 Å². The second-order valence-electron chi connectivity index (χ2n) is 5.29. The molecule has 5 nitrogen and oxygen atoms in total. The molecule has 0 saturated carbocycles. The summed E-state index contributed by atoms with van der Waals surface area (Å²) in [5.41, 5.74) is 0.217. The van der Waals surface area contributed by atoms with Gasteiger partial charge in [-0.25, -0.2) is 0 Å². The van der Waals surface area contributed by atoms with Crippen LogP contribution in [0.5, 0.6) is 6.01 Å². The van der Waals surface area contributed by atoms with Gasteiger partial charge in [-0.1, -0.05) is 0 Å². The van der Waals surface area contributed by atoms with E-state index >= 15 is 0 Å². The van der Waals surface area contributed by atoms with Crippen molar-refractivity contribution in [2.75, 3.05) is 13.2 Å². The summed E-state index contributed by atoms with van der Waals surface area (Å²) in [4.78, 5) is 4.00. The minimum Gasteiger partial charge on any atom is -0.462 e. The van der Waals surface area contributed by atoms with E-state index in [1.54, 1.807) is 11.0 Å². The van der Waals surface area contributed by atoms with Crippen molar-refractivity contribution in [2.45, 2.75) is 45.6 Å². The Hall–Kier alpha value is -1.10. The molecule has 0 aliphatic rings. The molecule has 1 aromatic rings. The molecule has 0 amide bonds. The Kier molecular flexibility index (Phi) is 5.41. The number of ether oxygens (including phenoxy) is 1. The molecule has 17 heavy (non-hydrogen) atoms. The van der Waals surface area contributed by atoms with Gasteiger partial charge in [0.25, 0.3) is 0 Å². The van der Waals surface area contributed by atoms with E-state index in [0.717, 1.165) is 19.4 Å². The van der Waals surface area contributed by atoms with Crippen LogP contribution in [0.4, 0.5) is 0 Å². The van der Waals surface area contributed by atoms with Gasteiger partial charge in [0, 0.05) is 12.6 Å². The molecular weight excluding hydrogens is 216 g/mol. The summed E-state index contributed by atoms with van der Waals surface area (Å²) < 4.78 is 7.05. The predicted octanol–water partition coefficient (Wildman–Crippen LogP) is 1.75. The fraction of sp³-hybridized carbons (Fsp3) is 0.833. The van der Waals surface area contributed by atoms with E-state index in [4.69, 9.17) is 4.74 Å². The molecule has 0 saturated heterocycles. The van der Waals surface area contributed by atoms with Crippen molar-refractivity contribution in [2.24, 2.45) is 7.05 Å². The topological polar surface area (TPSA) is 52.0 Å². The van der Waals surface area contributed by atoms with E-state index in [0.29, 0.717) is 12.6 Å². The number of aromatic nitrogens is 3. The molecule has 0 unspecified atom stereocenters. The van der Waals surface area contributed by atoms with Crippen LogP contribution >= 0.6 is 0 Å². The fourth-order valence-corrected chi connectivity index (χ4v) is 1.42. The molecule has 0 fully saturated rings. The second-order valence-corrected chi connectivity index (χ2v) is 5.29. The zero-order chi connectivity index (χ0) is 12.7. The Morgan fingerprint density at radius 3 is 2.65 bits per heavy atom. The van der Waals surface area contributed by atoms with Crippen molar-refractivity contribution in [1.29, 1.82) is 0 Å². The first-order valence-corrected chi connectivity index (χ1v) is 6.21. The van der Waals surface area contributed by atoms with Gasteiger partial charge in [0.2, 0.25) is 0 Å². The molecule has 1 rings (SSSR count). The maximum absolute atomic E-state index is 5.41. The minimum absolute atomic E-state index is 0.217. The molecule has 1 aromatic heterocycles. The van der Waals surface area contributed by atoms with Crippen molar-refractivity contribution in [1.82, 2.24) is 20.1 Å². The van der Waals surface area contributed by atoms with Gasteiger partial charge in [-0.15, -0.1) is 5.10 Å². The van der Waals surface area contributed by atoms with Crippen LogP contribution in [0.25, 0.3) is 0 Å². The monoisotopic (exact) mass is 240 g/mol. The van der Waals surface area contributed by atoms with Crippen LogP contribution in [-0.2, 0) is 7.05 Å². The maximum Gasteiger partial charge on any atom is 0.335 e. The van der Waals surface area contributed by atoms with Crippen LogP contribution in [0, 0.1) is 0 Å². The highest BCUT2D eigenvalue weighted by Gasteiger charge is 2.06. The van der Waals surface area contributed by atoms with Gasteiger partial charge in [-0.2, -0.15) is 4.98 Å². The lowest BCUT2D eigenvalue weighted by Gasteiger charge is -2.20. The van der Waals surface area contributed by atoms with Gasteiger partial charge in [0.05, 0.1) is 6.61 Å². The summed E-state index contributed by atoms with van der Waals surface area (Å²) in [5, 5.41) is 7.51. The minimum atomic E-state index is 0.217. The summed E-state index contributed by atoms with van der Waals surface area (Å²) in [7, 11) is 1.83. The number of nitrogens with one attached hydrogen (secondary N) is 1. The number of unbranched alkanes of at least 4 members (excludes halogenated alkanes) is 2. The lowest BCUT2D eigenvalue weighted by molar-refractivity contribution is 0.280. The largest absolute Gasteiger partial charge is 0.462 e. The Morgan fingerprint density at radius 1 is 1.29 bits per heavy atom. The van der Waals surface area contributed by atoms with Gasteiger partial charge >= 0.3 is 6.01 Å². The number of hydrogen-bond acceptors (Lipinski definition) is 4. The van der Waals surface area contributed by atoms with Gasteiger partial charge in [-0.3, -0.25) is 4.68 Å². The van der Waals surface area contributed by atoms with Crippen molar-refractivity contribution >= 4 is 0 Å². The van der Waals surface area contributed by atoms with Crippen molar-refractivity contribution in [3.05, 3.63) is 6.33 Å². The number of aryl methyl sites for hydroxylation is 1. The molecule has 0 aromatic carbocycles. The highest BCUT2D eigenvalue weighted by molar-refractivity contribution is 4.86. The third-order valence-corrected chi connectivity index (χ3v) is 2.29. The standard InChI is InChI=1S/C12H24N4O/c1-12(2,3)14-8-6-5-7-9-17-11-13-10-16(4)15-11/h10,14H,5-9H2,1-4H3. The van der Waals surface area contributed by atoms with Crippen LogP contribution in [0.2, 0.25) is 0 Å². The molecule has 98 valence electrons. The molecular formula is C12H24N4O. The van der Waals surface area contributed by atoms with Crippen LogP contribution in [0.1, 0.15) is 40.0 Å². The van der Waals surface area contributed by atoms with Crippen molar-refractivity contribution < 1.29 is 4.74 Å². The average molecular weight is 240 g/mol. The van der Waals surface area contributed by atoms with E-state index < -0.39 is 0 Å². The highest BCUT2D eigenvalue weighted by atomic mass is 16.5. The Labute approximate surface area is 104 Å². The van der Waals surface area contributed by atoms with Gasteiger partial charge in [-0.05, 0) is 46.6 Å². The average Bonchev–Trinajstić information content (AvgIpc) is 2.61. The Morgan fingerprint density at radius 2 is 2.06 bits per heavy atom. The quantitative estimate of drug-likeness (QED) is 0.738. The zero-order valence-corrected chi connectivity index (χ0v) is 11.4. The van der Waals surface area contributed by atoms with Gasteiger partial charge < -0.3 is 10.1 Å². The van der Waals surface area contributed by atoms with E-state index in [1.807, 2.05) is 7.05 Å². The summed E-state index contributed by atoms with van der Waals surface area (Å²) in [6, 6.07) is 0.473. The second kappa shape index (κ2) is 6.59. The first-order chi connectivity index (χ1) is 7.97. The molecule has 1 N–H and O–H groups in total. The molecule has 0 bridgehead atoms. The molecule has 0 spiro atoms. The summed E-state index contributed by atoms with van der Waals surface area (Å²) in [6.45, 7) is 8.30. The molecule has 5 heteroatoms. The van der Waals surface area contributed by atoms with Gasteiger partial charge in [0.15, 0.2) is 0 Å². The van der Waals surface area contributed by atoms with Crippen LogP contribution in [0.3, 0.4) is 0 Å².